The highest BCUT2D eigenvalue weighted by Crippen LogP contribution is 2.31. The number of carbonyl (C=O) groups excluding carboxylic acids is 4. The molecule has 0 aliphatic rings. The quantitative estimate of drug-likeness (QED) is 0.0201. The fraction of sp³-hybridized carbons (Fsp3) is 0.321. The van der Waals surface area contributed by atoms with E-state index in [4.69, 9.17) is 37.8 Å². The zero-order chi connectivity index (χ0) is 54.8. The fourth-order valence-corrected chi connectivity index (χ4v) is 8.43. The van der Waals surface area contributed by atoms with Gasteiger partial charge in [-0.05, 0) is 117 Å². The SMILES string of the molecule is CB(O)NCC(=O)NC[C@H](C[C@H](CC(=O)c1ncc(C)o1)Cc1ccc(-c2cc(Cl)ccc2F)cc1)C(=O)O.Cc1cnc(C(=O)C[C@H](Cc2ccc(-c3cc(Cl)ccc3F)cc2)C[C@@H](CNC(=O)CN)C(=O)O)o1. The fourth-order valence-electron chi connectivity index (χ4n) is 8.09. The van der Waals surface area contributed by atoms with Crippen LogP contribution in [-0.2, 0) is 32.0 Å². The van der Waals surface area contributed by atoms with Gasteiger partial charge in [0.25, 0.3) is 11.8 Å². The van der Waals surface area contributed by atoms with Gasteiger partial charge in [0.1, 0.15) is 23.2 Å². The van der Waals surface area contributed by atoms with E-state index in [9.17, 15) is 52.8 Å². The van der Waals surface area contributed by atoms with Crippen molar-refractivity contribution in [3.05, 3.63) is 153 Å². The van der Waals surface area contributed by atoms with E-state index in [0.29, 0.717) is 56.7 Å². The van der Waals surface area contributed by atoms with E-state index in [-0.39, 0.29) is 75.2 Å². The lowest BCUT2D eigenvalue weighted by Gasteiger charge is -2.21. The normalized spacial score (nSPS) is 12.6. The van der Waals surface area contributed by atoms with Crippen LogP contribution in [0.15, 0.2) is 106 Å². The minimum Gasteiger partial charge on any atom is -0.481 e. The molecular weight excluding hydrogens is 1020 g/mol. The van der Waals surface area contributed by atoms with Crippen LogP contribution >= 0.6 is 23.2 Å². The van der Waals surface area contributed by atoms with Gasteiger partial charge in [-0.3, -0.25) is 28.8 Å². The number of carbonyl (C=O) groups is 6. The molecule has 4 atom stereocenters. The Morgan fingerprint density at radius 2 is 1.05 bits per heavy atom. The maximum Gasteiger partial charge on any atom is 0.374 e. The van der Waals surface area contributed by atoms with E-state index in [1.54, 1.807) is 68.4 Å². The highest BCUT2D eigenvalue weighted by atomic mass is 35.5. The molecule has 2 amide bonds. The van der Waals surface area contributed by atoms with Crippen molar-refractivity contribution in [1.82, 2.24) is 25.8 Å². The second kappa shape index (κ2) is 28.5. The maximum absolute atomic E-state index is 14.3. The number of amides is 2. The number of carboxylic acids is 2. The summed E-state index contributed by atoms with van der Waals surface area (Å²) in [5, 5.41) is 37.2. The molecule has 22 heteroatoms. The first-order valence-corrected chi connectivity index (χ1v) is 24.5. The number of Topliss-reactive ketones (excluding diaryl/α,β-unsaturated/α-hetero) is 2. The van der Waals surface area contributed by atoms with Gasteiger partial charge in [-0.1, -0.05) is 71.7 Å². The molecule has 0 unspecified atom stereocenters. The standard InChI is InChI=1S/C27H30BClFN3O6.C26H27ClFN3O5/c1-16-13-32-26(39-16)24(34)11-18(10-20(27(36)37)14-31-25(35)15-33-28(2)38)9-17-3-5-19(6-4-17)22-12-21(29)7-8-23(22)30;1-15-13-31-25(36-15)23(32)10-17(9-19(26(34)35)14-30-24(33)12-29)8-16-2-4-18(5-3-16)21-11-20(27)6-7-22(21)28/h3-8,12-13,18,20,33,38H,9-11,14-15H2,1-2H3,(H,31,35)(H,36,37);2-7,11,13,17,19H,8-10,12,14,29H2,1H3,(H,30,33)(H,34,35)/t18-,20+;17-,19+/m11/s1. The number of aliphatic carboxylic acids is 2. The molecule has 0 fully saturated rings. The largest absolute Gasteiger partial charge is 0.481 e. The average Bonchev–Trinajstić information content (AvgIpc) is 4.03. The van der Waals surface area contributed by atoms with Crippen LogP contribution < -0.4 is 21.6 Å². The van der Waals surface area contributed by atoms with E-state index >= 15 is 0 Å². The number of halogens is 4. The number of nitrogens with two attached hydrogens (primary N) is 1. The molecule has 2 heterocycles. The van der Waals surface area contributed by atoms with E-state index in [1.807, 2.05) is 0 Å². The summed E-state index contributed by atoms with van der Waals surface area (Å²) in [6.07, 6.45) is 3.80. The van der Waals surface area contributed by atoms with E-state index in [0.717, 1.165) is 11.1 Å². The number of nitrogens with zero attached hydrogens (tertiary/aromatic N) is 2. The lowest BCUT2D eigenvalue weighted by Crippen LogP contribution is -2.42. The van der Waals surface area contributed by atoms with E-state index in [2.05, 4.69) is 25.8 Å². The summed E-state index contributed by atoms with van der Waals surface area (Å²) in [5.41, 5.74) is 8.91. The number of benzene rings is 4. The van der Waals surface area contributed by atoms with Crippen molar-refractivity contribution in [3.8, 4) is 22.3 Å². The van der Waals surface area contributed by atoms with Crippen molar-refractivity contribution in [3.63, 3.8) is 0 Å². The van der Waals surface area contributed by atoms with Crippen LogP contribution in [0.25, 0.3) is 22.3 Å². The average molecular weight is 1070 g/mol. The molecule has 75 heavy (non-hydrogen) atoms. The highest BCUT2D eigenvalue weighted by molar-refractivity contribution is 6.45. The number of oxazole rings is 2. The summed E-state index contributed by atoms with van der Waals surface area (Å²) in [5.74, 6) is -6.48. The van der Waals surface area contributed by atoms with Crippen molar-refractivity contribution in [1.29, 1.82) is 0 Å². The maximum atomic E-state index is 14.3. The van der Waals surface area contributed by atoms with Gasteiger partial charge in [0.15, 0.2) is 0 Å². The van der Waals surface area contributed by atoms with Crippen LogP contribution in [0.5, 0.6) is 0 Å². The topological polar surface area (TPSA) is 277 Å². The van der Waals surface area contributed by atoms with E-state index in [1.165, 1.54) is 49.5 Å². The molecule has 0 bridgehead atoms. The zero-order valence-corrected chi connectivity index (χ0v) is 42.8. The number of aryl methyl sites for hydroxylation is 2. The smallest absolute Gasteiger partial charge is 0.374 e. The molecule has 4 aromatic carbocycles. The lowest BCUT2D eigenvalue weighted by molar-refractivity contribution is -0.143. The third kappa shape index (κ3) is 19.0. The van der Waals surface area contributed by atoms with Gasteiger partial charge in [-0.2, -0.15) is 0 Å². The Bertz CT molecular complexity index is 2920. The van der Waals surface area contributed by atoms with Crippen LogP contribution in [0.3, 0.4) is 0 Å². The molecule has 6 rings (SSSR count). The van der Waals surface area contributed by atoms with Gasteiger partial charge in [-0.25, -0.2) is 18.7 Å². The minimum atomic E-state index is -1.12. The van der Waals surface area contributed by atoms with Crippen molar-refractivity contribution < 1.29 is 61.6 Å². The summed E-state index contributed by atoms with van der Waals surface area (Å²) in [7, 11) is -0.887. The Morgan fingerprint density at radius 3 is 1.40 bits per heavy atom. The third-order valence-corrected chi connectivity index (χ3v) is 12.3. The minimum absolute atomic E-state index is 0.000753. The third-order valence-electron chi connectivity index (χ3n) is 11.9. The van der Waals surface area contributed by atoms with Crippen LogP contribution in [0.4, 0.5) is 8.78 Å². The first-order valence-electron chi connectivity index (χ1n) is 23.8. The van der Waals surface area contributed by atoms with Crippen molar-refractivity contribution in [2.24, 2.45) is 29.4 Å². The predicted molar refractivity (Wildman–Crippen MR) is 277 cm³/mol. The molecule has 0 aliphatic carbocycles. The van der Waals surface area contributed by atoms with Gasteiger partial charge in [0.2, 0.25) is 23.4 Å². The molecule has 17 nitrogen and oxygen atoms in total. The van der Waals surface area contributed by atoms with Crippen molar-refractivity contribution >= 4 is 65.6 Å². The molecule has 8 N–H and O–H groups in total. The molecule has 0 saturated heterocycles. The Balaban J connectivity index is 0.000000278. The number of carboxylic acid groups (broad SMARTS) is 2. The summed E-state index contributed by atoms with van der Waals surface area (Å²) in [4.78, 5) is 81.1. The van der Waals surface area contributed by atoms with Gasteiger partial charge < -0.3 is 45.7 Å². The molecule has 0 radical (unpaired) electrons. The lowest BCUT2D eigenvalue weighted by atomic mass is 9.85. The van der Waals surface area contributed by atoms with Crippen LogP contribution in [0.1, 0.15) is 69.7 Å². The van der Waals surface area contributed by atoms with Crippen molar-refractivity contribution in [2.75, 3.05) is 26.2 Å². The van der Waals surface area contributed by atoms with Crippen LogP contribution in [0, 0.1) is 49.2 Å². The Morgan fingerprint density at radius 1 is 0.653 bits per heavy atom. The molecule has 2 aromatic heterocycles. The summed E-state index contributed by atoms with van der Waals surface area (Å²) < 4.78 is 39.2. The number of aromatic nitrogens is 2. The summed E-state index contributed by atoms with van der Waals surface area (Å²) in [6, 6.07) is 22.8. The first-order chi connectivity index (χ1) is 35.7. The number of hydrogen-bond donors (Lipinski definition) is 7. The van der Waals surface area contributed by atoms with Crippen LogP contribution in [0.2, 0.25) is 16.9 Å². The molecule has 0 saturated carbocycles. The second-order valence-electron chi connectivity index (χ2n) is 18.0. The second-order valence-corrected chi connectivity index (χ2v) is 18.9. The molecule has 0 spiro atoms. The van der Waals surface area contributed by atoms with E-state index < -0.39 is 66.1 Å². The summed E-state index contributed by atoms with van der Waals surface area (Å²) in [6.45, 7) is 4.12. The summed E-state index contributed by atoms with van der Waals surface area (Å²) >= 11 is 12.0. The number of hydrogen-bond acceptors (Lipinski definition) is 13. The Kier molecular flexibility index (Phi) is 22.4. The van der Waals surface area contributed by atoms with Crippen LogP contribution in [-0.4, -0.2) is 93.8 Å². The number of rotatable bonds is 26. The Labute approximate surface area is 441 Å². The van der Waals surface area contributed by atoms with Gasteiger partial charge in [-0.15, -0.1) is 0 Å². The van der Waals surface area contributed by atoms with Crippen molar-refractivity contribution in [2.45, 2.75) is 59.2 Å². The molecule has 396 valence electrons. The molecule has 0 aliphatic heterocycles. The zero-order valence-electron chi connectivity index (χ0n) is 41.3. The number of ketones is 2. The monoisotopic (exact) mass is 1070 g/mol. The highest BCUT2D eigenvalue weighted by Gasteiger charge is 2.29. The predicted octanol–water partition coefficient (Wildman–Crippen LogP) is 7.82. The van der Waals surface area contributed by atoms with Gasteiger partial charge in [0.05, 0.1) is 37.3 Å². The Hall–Kier alpha value is -7.10. The molecule has 6 aromatic rings. The van der Waals surface area contributed by atoms with Gasteiger partial charge >= 0.3 is 19.0 Å². The number of nitrogens with one attached hydrogen (secondary N) is 3. The first kappa shape index (κ1) is 58.8. The molecular formula is C53H57BCl2F2N6O11. The van der Waals surface area contributed by atoms with Gasteiger partial charge in [0, 0.05) is 47.1 Å².